The Hall–Kier alpha value is -1.33. The molecule has 0 amide bonds. The van der Waals surface area contributed by atoms with E-state index >= 15 is 0 Å². The lowest BCUT2D eigenvalue weighted by molar-refractivity contribution is -0.144. The smallest absolute Gasteiger partial charge is 0.345 e. The van der Waals surface area contributed by atoms with Crippen molar-refractivity contribution in [1.29, 1.82) is 0 Å². The zero-order valence-corrected chi connectivity index (χ0v) is 9.51. The third-order valence-corrected chi connectivity index (χ3v) is 3.76. The van der Waals surface area contributed by atoms with Gasteiger partial charge in [0.1, 0.15) is 5.75 Å². The van der Waals surface area contributed by atoms with E-state index < -0.39 is 12.1 Å². The third-order valence-electron chi connectivity index (χ3n) is 2.53. The molecule has 0 aliphatic carbocycles. The molecule has 1 aromatic carbocycles. The molecule has 82 valence electrons. The standard InChI is InChI=1S/C10H6ClNO3S/c11-10-12-5-1-2-6-4(8(5)16-10)3-7(15-6)9(13)14/h1-2,7H,3H2,(H,13,14)/t7-/m0/s1. The van der Waals surface area contributed by atoms with Crippen LogP contribution >= 0.6 is 22.9 Å². The van der Waals surface area contributed by atoms with Crippen LogP contribution in [-0.2, 0) is 11.2 Å². The molecule has 1 aliphatic heterocycles. The summed E-state index contributed by atoms with van der Waals surface area (Å²) < 4.78 is 6.70. The Morgan fingerprint density at radius 2 is 2.44 bits per heavy atom. The van der Waals surface area contributed by atoms with Gasteiger partial charge in [0.2, 0.25) is 0 Å². The Morgan fingerprint density at radius 1 is 1.62 bits per heavy atom. The lowest BCUT2D eigenvalue weighted by atomic mass is 10.1. The van der Waals surface area contributed by atoms with Crippen molar-refractivity contribution in [2.75, 3.05) is 0 Å². The summed E-state index contributed by atoms with van der Waals surface area (Å²) in [4.78, 5) is 15.0. The van der Waals surface area contributed by atoms with Gasteiger partial charge in [-0.1, -0.05) is 11.6 Å². The molecule has 0 bridgehead atoms. The highest BCUT2D eigenvalue weighted by atomic mass is 35.5. The van der Waals surface area contributed by atoms with Gasteiger partial charge in [-0.15, -0.1) is 11.3 Å². The molecule has 3 rings (SSSR count). The monoisotopic (exact) mass is 255 g/mol. The molecule has 1 atom stereocenters. The molecule has 1 N–H and O–H groups in total. The molecule has 0 saturated carbocycles. The second-order valence-electron chi connectivity index (χ2n) is 3.51. The largest absolute Gasteiger partial charge is 0.478 e. The average molecular weight is 256 g/mol. The van der Waals surface area contributed by atoms with Gasteiger partial charge < -0.3 is 9.84 Å². The first-order valence-electron chi connectivity index (χ1n) is 4.62. The lowest BCUT2D eigenvalue weighted by Gasteiger charge is -2.02. The van der Waals surface area contributed by atoms with Crippen LogP contribution in [0.1, 0.15) is 5.56 Å². The lowest BCUT2D eigenvalue weighted by Crippen LogP contribution is -2.24. The molecular formula is C10H6ClNO3S. The molecular weight excluding hydrogens is 250 g/mol. The van der Waals surface area contributed by atoms with Gasteiger partial charge in [-0.05, 0) is 12.1 Å². The van der Waals surface area contributed by atoms with E-state index in [1.165, 1.54) is 11.3 Å². The molecule has 2 aromatic rings. The van der Waals surface area contributed by atoms with Gasteiger partial charge in [-0.3, -0.25) is 0 Å². The van der Waals surface area contributed by atoms with Crippen molar-refractivity contribution < 1.29 is 14.6 Å². The van der Waals surface area contributed by atoms with Crippen LogP contribution < -0.4 is 4.74 Å². The number of carboxylic acid groups (broad SMARTS) is 1. The van der Waals surface area contributed by atoms with Crippen LogP contribution in [0.2, 0.25) is 4.47 Å². The fraction of sp³-hybridized carbons (Fsp3) is 0.200. The quantitative estimate of drug-likeness (QED) is 0.850. The molecule has 0 fully saturated rings. The number of nitrogens with zero attached hydrogens (tertiary/aromatic N) is 1. The van der Waals surface area contributed by atoms with Gasteiger partial charge in [-0.25, -0.2) is 9.78 Å². The molecule has 1 aliphatic rings. The van der Waals surface area contributed by atoms with E-state index in [4.69, 9.17) is 21.4 Å². The predicted molar refractivity (Wildman–Crippen MR) is 60.4 cm³/mol. The highest BCUT2D eigenvalue weighted by molar-refractivity contribution is 7.22. The molecule has 6 heteroatoms. The van der Waals surface area contributed by atoms with Crippen molar-refractivity contribution in [3.05, 3.63) is 22.2 Å². The summed E-state index contributed by atoms with van der Waals surface area (Å²) >= 11 is 7.19. The summed E-state index contributed by atoms with van der Waals surface area (Å²) in [5, 5.41) is 8.90. The Bertz CT molecular complexity index is 595. The van der Waals surface area contributed by atoms with Crippen molar-refractivity contribution in [3.63, 3.8) is 0 Å². The van der Waals surface area contributed by atoms with Crippen LogP contribution in [0.5, 0.6) is 5.75 Å². The molecule has 0 saturated heterocycles. The summed E-state index contributed by atoms with van der Waals surface area (Å²) in [5.74, 6) is -0.319. The topological polar surface area (TPSA) is 59.4 Å². The first-order chi connectivity index (χ1) is 7.65. The zero-order valence-electron chi connectivity index (χ0n) is 7.94. The van der Waals surface area contributed by atoms with E-state index in [0.29, 0.717) is 16.6 Å². The number of hydrogen-bond acceptors (Lipinski definition) is 4. The van der Waals surface area contributed by atoms with E-state index in [9.17, 15) is 4.79 Å². The van der Waals surface area contributed by atoms with Crippen molar-refractivity contribution in [2.45, 2.75) is 12.5 Å². The molecule has 1 aromatic heterocycles. The highest BCUT2D eigenvalue weighted by Gasteiger charge is 2.30. The van der Waals surface area contributed by atoms with E-state index in [-0.39, 0.29) is 0 Å². The zero-order chi connectivity index (χ0) is 11.3. The minimum atomic E-state index is -0.944. The number of aromatic nitrogens is 1. The number of carboxylic acids is 1. The fourth-order valence-corrected chi connectivity index (χ4v) is 2.98. The van der Waals surface area contributed by atoms with Gasteiger partial charge in [0.25, 0.3) is 0 Å². The third kappa shape index (κ3) is 1.36. The Morgan fingerprint density at radius 3 is 3.19 bits per heavy atom. The maximum Gasteiger partial charge on any atom is 0.345 e. The maximum absolute atomic E-state index is 10.8. The van der Waals surface area contributed by atoms with Crippen molar-refractivity contribution in [1.82, 2.24) is 4.98 Å². The molecule has 0 radical (unpaired) electrons. The number of carbonyl (C=O) groups is 1. The second kappa shape index (κ2) is 3.33. The number of hydrogen-bond donors (Lipinski definition) is 1. The second-order valence-corrected chi connectivity index (χ2v) is 5.09. The number of aliphatic carboxylic acids is 1. The first-order valence-corrected chi connectivity index (χ1v) is 5.82. The van der Waals surface area contributed by atoms with Gasteiger partial charge in [0.15, 0.2) is 10.6 Å². The predicted octanol–water partition coefficient (Wildman–Crippen LogP) is 2.34. The number of halogens is 1. The molecule has 2 heterocycles. The number of rotatable bonds is 1. The minimum Gasteiger partial charge on any atom is -0.478 e. The molecule has 0 spiro atoms. The Kier molecular flexibility index (Phi) is 2.05. The minimum absolute atomic E-state index is 0.376. The van der Waals surface area contributed by atoms with Crippen LogP contribution in [0.4, 0.5) is 0 Å². The maximum atomic E-state index is 10.8. The summed E-state index contributed by atoms with van der Waals surface area (Å²) in [6.45, 7) is 0. The molecule has 16 heavy (non-hydrogen) atoms. The summed E-state index contributed by atoms with van der Waals surface area (Å²) in [7, 11) is 0. The summed E-state index contributed by atoms with van der Waals surface area (Å²) in [5.41, 5.74) is 1.69. The normalized spacial score (nSPS) is 18.4. The number of fused-ring (bicyclic) bond motifs is 3. The molecule has 4 nitrogen and oxygen atoms in total. The average Bonchev–Trinajstić information content (AvgIpc) is 2.77. The number of ether oxygens (including phenoxy) is 1. The van der Waals surface area contributed by atoms with E-state index in [2.05, 4.69) is 4.98 Å². The Balaban J connectivity index is 2.16. The van der Waals surface area contributed by atoms with Crippen LogP contribution in [0.25, 0.3) is 10.2 Å². The Labute approximate surface area is 99.4 Å². The number of benzene rings is 1. The summed E-state index contributed by atoms with van der Waals surface area (Å²) in [6.07, 6.45) is -0.415. The fourth-order valence-electron chi connectivity index (χ4n) is 1.82. The first kappa shape index (κ1) is 9.86. The van der Waals surface area contributed by atoms with Crippen LogP contribution in [-0.4, -0.2) is 22.2 Å². The van der Waals surface area contributed by atoms with Crippen molar-refractivity contribution in [3.8, 4) is 5.75 Å². The van der Waals surface area contributed by atoms with E-state index in [1.54, 1.807) is 12.1 Å². The van der Waals surface area contributed by atoms with Gasteiger partial charge in [-0.2, -0.15) is 0 Å². The van der Waals surface area contributed by atoms with Crippen molar-refractivity contribution in [2.24, 2.45) is 0 Å². The molecule has 0 unspecified atom stereocenters. The van der Waals surface area contributed by atoms with E-state index in [1.807, 2.05) is 0 Å². The van der Waals surface area contributed by atoms with Gasteiger partial charge >= 0.3 is 5.97 Å². The van der Waals surface area contributed by atoms with E-state index in [0.717, 1.165) is 15.8 Å². The summed E-state index contributed by atoms with van der Waals surface area (Å²) in [6, 6.07) is 3.54. The number of thiazole rings is 1. The van der Waals surface area contributed by atoms with Gasteiger partial charge in [0.05, 0.1) is 10.2 Å². The van der Waals surface area contributed by atoms with Gasteiger partial charge in [0, 0.05) is 12.0 Å². The van der Waals surface area contributed by atoms with Crippen LogP contribution in [0, 0.1) is 0 Å². The van der Waals surface area contributed by atoms with Crippen molar-refractivity contribution >= 4 is 39.1 Å². The van der Waals surface area contributed by atoms with Crippen LogP contribution in [0.15, 0.2) is 12.1 Å². The van der Waals surface area contributed by atoms with Crippen LogP contribution in [0.3, 0.4) is 0 Å². The SMILES string of the molecule is O=C(O)[C@@H]1Cc2c(ccc3nc(Cl)sc23)O1. The highest BCUT2D eigenvalue weighted by Crippen LogP contribution is 2.38.